The Morgan fingerprint density at radius 1 is 1.00 bits per heavy atom. The quantitative estimate of drug-likeness (QED) is 0.796. The van der Waals surface area contributed by atoms with Crippen molar-refractivity contribution < 1.29 is 8.42 Å². The van der Waals surface area contributed by atoms with E-state index in [1.54, 1.807) is 7.05 Å². The van der Waals surface area contributed by atoms with Crippen LogP contribution in [0.5, 0.6) is 0 Å². The van der Waals surface area contributed by atoms with Crippen molar-refractivity contribution in [1.82, 2.24) is 13.9 Å². The summed E-state index contributed by atoms with van der Waals surface area (Å²) in [5.74, 6) is 0. The van der Waals surface area contributed by atoms with E-state index in [4.69, 9.17) is 0 Å². The first-order chi connectivity index (χ1) is 10.1. The van der Waals surface area contributed by atoms with E-state index in [-0.39, 0.29) is 6.04 Å². The van der Waals surface area contributed by atoms with Gasteiger partial charge in [0.25, 0.3) is 10.2 Å². The molecule has 0 unspecified atom stereocenters. The molecule has 0 saturated heterocycles. The van der Waals surface area contributed by atoms with Crippen LogP contribution in [0.15, 0.2) is 24.3 Å². The molecule has 0 atom stereocenters. The highest BCUT2D eigenvalue weighted by Crippen LogP contribution is 2.13. The van der Waals surface area contributed by atoms with E-state index in [0.717, 1.165) is 17.7 Å². The number of benzene rings is 1. The van der Waals surface area contributed by atoms with Crippen LogP contribution >= 0.6 is 0 Å². The molecule has 22 heavy (non-hydrogen) atoms. The standard InChI is InChI=1S/C16H29N3O2S/c1-13(2)18(5)12-16-10-8-7-9-15(16)11-17-22(20,21)19(6)14(3)4/h7-10,13-14,17H,11-12H2,1-6H3. The Morgan fingerprint density at radius 3 is 2.05 bits per heavy atom. The molecule has 0 aliphatic carbocycles. The lowest BCUT2D eigenvalue weighted by Crippen LogP contribution is -2.41. The average Bonchev–Trinajstić information content (AvgIpc) is 2.45. The van der Waals surface area contributed by atoms with Gasteiger partial charge in [-0.15, -0.1) is 0 Å². The van der Waals surface area contributed by atoms with E-state index < -0.39 is 10.2 Å². The van der Waals surface area contributed by atoms with Crippen LogP contribution in [-0.2, 0) is 23.3 Å². The third-order valence-corrected chi connectivity index (χ3v) is 5.66. The molecule has 0 spiro atoms. The molecule has 0 fully saturated rings. The lowest BCUT2D eigenvalue weighted by molar-refractivity contribution is 0.265. The summed E-state index contributed by atoms with van der Waals surface area (Å²) in [6.45, 7) is 9.10. The van der Waals surface area contributed by atoms with Crippen molar-refractivity contribution in [2.24, 2.45) is 0 Å². The summed E-state index contributed by atoms with van der Waals surface area (Å²) in [4.78, 5) is 2.23. The molecule has 126 valence electrons. The summed E-state index contributed by atoms with van der Waals surface area (Å²) in [5, 5.41) is 0. The smallest absolute Gasteiger partial charge is 0.279 e. The highest BCUT2D eigenvalue weighted by Gasteiger charge is 2.20. The third kappa shape index (κ3) is 5.35. The molecule has 5 nitrogen and oxygen atoms in total. The minimum Gasteiger partial charge on any atom is -0.300 e. The SMILES string of the molecule is CC(C)N(C)Cc1ccccc1CNS(=O)(=O)N(C)C(C)C. The number of hydrogen-bond donors (Lipinski definition) is 1. The van der Waals surface area contributed by atoms with Crippen molar-refractivity contribution in [3.8, 4) is 0 Å². The molecule has 0 aromatic heterocycles. The molecule has 1 N–H and O–H groups in total. The summed E-state index contributed by atoms with van der Waals surface area (Å²) >= 11 is 0. The Labute approximate surface area is 135 Å². The van der Waals surface area contributed by atoms with Crippen LogP contribution in [0, 0.1) is 0 Å². The van der Waals surface area contributed by atoms with Crippen molar-refractivity contribution in [3.05, 3.63) is 35.4 Å². The van der Waals surface area contributed by atoms with E-state index in [9.17, 15) is 8.42 Å². The minimum absolute atomic E-state index is 0.0696. The van der Waals surface area contributed by atoms with E-state index in [1.807, 2.05) is 32.0 Å². The van der Waals surface area contributed by atoms with Gasteiger partial charge in [0.2, 0.25) is 0 Å². The van der Waals surface area contributed by atoms with Gasteiger partial charge in [-0.3, -0.25) is 4.90 Å². The first-order valence-corrected chi connectivity index (χ1v) is 9.08. The van der Waals surface area contributed by atoms with Crippen LogP contribution in [0.4, 0.5) is 0 Å². The molecule has 0 radical (unpaired) electrons. The van der Waals surface area contributed by atoms with Gasteiger partial charge in [-0.25, -0.2) is 0 Å². The zero-order chi connectivity index (χ0) is 16.9. The summed E-state index contributed by atoms with van der Waals surface area (Å²) < 4.78 is 28.4. The first kappa shape index (κ1) is 19.1. The van der Waals surface area contributed by atoms with Crippen LogP contribution < -0.4 is 4.72 Å². The molecular weight excluding hydrogens is 298 g/mol. The van der Waals surface area contributed by atoms with Gasteiger partial charge in [0.15, 0.2) is 0 Å². The zero-order valence-corrected chi connectivity index (χ0v) is 15.3. The highest BCUT2D eigenvalue weighted by atomic mass is 32.2. The van der Waals surface area contributed by atoms with Crippen LogP contribution in [0.1, 0.15) is 38.8 Å². The van der Waals surface area contributed by atoms with Crippen LogP contribution in [0.2, 0.25) is 0 Å². The van der Waals surface area contributed by atoms with Crippen molar-refractivity contribution in [2.75, 3.05) is 14.1 Å². The molecule has 1 aromatic carbocycles. The second-order valence-electron chi connectivity index (χ2n) is 6.21. The molecule has 0 aliphatic rings. The van der Waals surface area contributed by atoms with Crippen molar-refractivity contribution in [2.45, 2.75) is 52.9 Å². The predicted octanol–water partition coefficient (Wildman–Crippen LogP) is 2.20. The molecule has 0 saturated carbocycles. The second-order valence-corrected chi connectivity index (χ2v) is 8.03. The Balaban J connectivity index is 2.83. The summed E-state index contributed by atoms with van der Waals surface area (Å²) in [6.07, 6.45) is 0. The first-order valence-electron chi connectivity index (χ1n) is 7.64. The largest absolute Gasteiger partial charge is 0.300 e. The molecule has 0 aliphatic heterocycles. The Morgan fingerprint density at radius 2 is 1.55 bits per heavy atom. The van der Waals surface area contributed by atoms with Crippen LogP contribution in [0.25, 0.3) is 0 Å². The minimum atomic E-state index is -3.45. The number of nitrogens with one attached hydrogen (secondary N) is 1. The Hall–Kier alpha value is -0.950. The maximum atomic E-state index is 12.2. The summed E-state index contributed by atoms with van der Waals surface area (Å²) in [6, 6.07) is 8.32. The van der Waals surface area contributed by atoms with E-state index in [0.29, 0.717) is 12.6 Å². The van der Waals surface area contributed by atoms with Gasteiger partial charge >= 0.3 is 0 Å². The lowest BCUT2D eigenvalue weighted by Gasteiger charge is -2.24. The van der Waals surface area contributed by atoms with Gasteiger partial charge < -0.3 is 0 Å². The Kier molecular flexibility index (Phi) is 6.99. The van der Waals surface area contributed by atoms with Crippen LogP contribution in [-0.4, -0.2) is 43.8 Å². The zero-order valence-electron chi connectivity index (χ0n) is 14.5. The number of nitrogens with zero attached hydrogens (tertiary/aromatic N) is 2. The number of rotatable bonds is 8. The van der Waals surface area contributed by atoms with E-state index in [1.165, 1.54) is 4.31 Å². The molecular formula is C16H29N3O2S. The molecule has 0 bridgehead atoms. The fraction of sp³-hybridized carbons (Fsp3) is 0.625. The van der Waals surface area contributed by atoms with Gasteiger partial charge in [0.1, 0.15) is 0 Å². The normalized spacial score (nSPS) is 12.8. The monoisotopic (exact) mass is 327 g/mol. The molecule has 6 heteroatoms. The second kappa shape index (κ2) is 8.06. The van der Waals surface area contributed by atoms with E-state index in [2.05, 4.69) is 36.6 Å². The van der Waals surface area contributed by atoms with Gasteiger partial charge in [0.05, 0.1) is 0 Å². The molecule has 1 rings (SSSR count). The molecule has 1 aromatic rings. The van der Waals surface area contributed by atoms with Gasteiger partial charge in [-0.1, -0.05) is 24.3 Å². The average molecular weight is 327 g/mol. The highest BCUT2D eigenvalue weighted by molar-refractivity contribution is 7.87. The van der Waals surface area contributed by atoms with Crippen molar-refractivity contribution in [1.29, 1.82) is 0 Å². The fourth-order valence-electron chi connectivity index (χ4n) is 1.88. The Bertz CT molecular complexity index is 571. The number of hydrogen-bond acceptors (Lipinski definition) is 3. The van der Waals surface area contributed by atoms with Gasteiger partial charge in [0, 0.05) is 32.2 Å². The summed E-state index contributed by atoms with van der Waals surface area (Å²) in [7, 11) is 0.207. The topological polar surface area (TPSA) is 52.7 Å². The maximum absolute atomic E-state index is 12.2. The van der Waals surface area contributed by atoms with Crippen molar-refractivity contribution in [3.63, 3.8) is 0 Å². The molecule has 0 heterocycles. The van der Waals surface area contributed by atoms with Crippen LogP contribution in [0.3, 0.4) is 0 Å². The lowest BCUT2D eigenvalue weighted by atomic mass is 10.1. The summed E-state index contributed by atoms with van der Waals surface area (Å²) in [5.41, 5.74) is 2.16. The van der Waals surface area contributed by atoms with Gasteiger partial charge in [-0.05, 0) is 45.9 Å². The maximum Gasteiger partial charge on any atom is 0.279 e. The predicted molar refractivity (Wildman–Crippen MR) is 91.7 cm³/mol. The third-order valence-electron chi connectivity index (χ3n) is 3.97. The van der Waals surface area contributed by atoms with E-state index >= 15 is 0 Å². The van der Waals surface area contributed by atoms with Crippen molar-refractivity contribution >= 4 is 10.2 Å². The fourth-order valence-corrected chi connectivity index (χ4v) is 2.98. The molecule has 0 amide bonds. The van der Waals surface area contributed by atoms with Gasteiger partial charge in [-0.2, -0.15) is 17.4 Å².